The number of nitrogens with one attached hydrogen (secondary N) is 1. The quantitative estimate of drug-likeness (QED) is 0.576. The summed E-state index contributed by atoms with van der Waals surface area (Å²) in [6, 6.07) is 6.77. The van der Waals surface area contributed by atoms with Gasteiger partial charge in [-0.3, -0.25) is 19.3 Å². The van der Waals surface area contributed by atoms with Gasteiger partial charge in [0.2, 0.25) is 5.91 Å². The molecule has 0 radical (unpaired) electrons. The molecule has 0 aliphatic carbocycles. The van der Waals surface area contributed by atoms with Gasteiger partial charge in [0, 0.05) is 19.5 Å². The fourth-order valence-electron chi connectivity index (χ4n) is 3.44. The Hall–Kier alpha value is -2.21. The van der Waals surface area contributed by atoms with E-state index in [4.69, 9.17) is 0 Å². The van der Waals surface area contributed by atoms with E-state index in [0.29, 0.717) is 17.7 Å². The highest BCUT2D eigenvalue weighted by Crippen LogP contribution is 2.22. The normalized spacial score (nSPS) is 17.2. The first-order chi connectivity index (χ1) is 12.2. The van der Waals surface area contributed by atoms with E-state index < -0.39 is 0 Å². The summed E-state index contributed by atoms with van der Waals surface area (Å²) in [7, 11) is 0. The number of rotatable bonds is 8. The second kappa shape index (κ2) is 8.25. The maximum Gasteiger partial charge on any atom is 0.261 e. The molecule has 1 aromatic rings. The zero-order valence-corrected chi connectivity index (χ0v) is 14.5. The Morgan fingerprint density at radius 3 is 2.24 bits per heavy atom. The number of imide groups is 1. The third kappa shape index (κ3) is 4.25. The average Bonchev–Trinajstić information content (AvgIpc) is 3.22. The molecule has 0 spiro atoms. The van der Waals surface area contributed by atoms with Crippen molar-refractivity contribution in [2.45, 2.75) is 32.1 Å². The van der Waals surface area contributed by atoms with Crippen molar-refractivity contribution in [1.29, 1.82) is 0 Å². The summed E-state index contributed by atoms with van der Waals surface area (Å²) in [4.78, 5) is 40.0. The molecule has 0 saturated carbocycles. The highest BCUT2D eigenvalue weighted by atomic mass is 16.2. The highest BCUT2D eigenvalue weighted by Gasteiger charge is 2.34. The molecule has 6 heteroatoms. The van der Waals surface area contributed by atoms with Crippen LogP contribution in [-0.2, 0) is 4.79 Å². The molecule has 2 aliphatic heterocycles. The summed E-state index contributed by atoms with van der Waals surface area (Å²) < 4.78 is 0. The Bertz CT molecular complexity index is 618. The van der Waals surface area contributed by atoms with E-state index in [2.05, 4.69) is 10.2 Å². The molecule has 0 aromatic heterocycles. The lowest BCUT2D eigenvalue weighted by Gasteiger charge is -2.15. The van der Waals surface area contributed by atoms with E-state index >= 15 is 0 Å². The predicted octanol–water partition coefficient (Wildman–Crippen LogP) is 1.66. The molecular formula is C19H25N3O3. The third-order valence-electron chi connectivity index (χ3n) is 4.86. The minimum atomic E-state index is -0.306. The molecule has 3 amide bonds. The number of likely N-dealkylation sites (tertiary alicyclic amines) is 1. The number of amides is 3. The molecule has 1 aromatic carbocycles. The van der Waals surface area contributed by atoms with E-state index in [9.17, 15) is 14.4 Å². The lowest BCUT2D eigenvalue weighted by Crippen LogP contribution is -2.35. The first-order valence-corrected chi connectivity index (χ1v) is 9.11. The van der Waals surface area contributed by atoms with E-state index in [1.807, 2.05) is 0 Å². The van der Waals surface area contributed by atoms with Crippen LogP contribution in [0.25, 0.3) is 0 Å². The van der Waals surface area contributed by atoms with Crippen LogP contribution in [0, 0.1) is 0 Å². The summed E-state index contributed by atoms with van der Waals surface area (Å²) in [6.45, 7) is 4.28. The number of carbonyl (C=O) groups is 3. The summed E-state index contributed by atoms with van der Waals surface area (Å²) >= 11 is 0. The first kappa shape index (κ1) is 17.6. The number of fused-ring (bicyclic) bond motifs is 1. The second-order valence-corrected chi connectivity index (χ2v) is 6.66. The number of hydrogen-bond acceptors (Lipinski definition) is 4. The van der Waals surface area contributed by atoms with Gasteiger partial charge in [0.25, 0.3) is 11.8 Å². The van der Waals surface area contributed by atoms with Crippen molar-refractivity contribution in [3.05, 3.63) is 35.4 Å². The molecule has 2 aliphatic rings. The van der Waals surface area contributed by atoms with Gasteiger partial charge in [0.1, 0.15) is 0 Å². The lowest BCUT2D eigenvalue weighted by atomic mass is 10.1. The lowest BCUT2D eigenvalue weighted by molar-refractivity contribution is -0.121. The molecule has 134 valence electrons. The minimum absolute atomic E-state index is 0.113. The molecule has 3 rings (SSSR count). The number of benzene rings is 1. The summed E-state index contributed by atoms with van der Waals surface area (Å²) in [5.74, 6) is -0.726. The van der Waals surface area contributed by atoms with E-state index in [1.54, 1.807) is 24.3 Å². The van der Waals surface area contributed by atoms with Gasteiger partial charge in [0.15, 0.2) is 0 Å². The maximum atomic E-state index is 12.2. The first-order valence-electron chi connectivity index (χ1n) is 9.11. The largest absolute Gasteiger partial charge is 0.356 e. The van der Waals surface area contributed by atoms with Crippen LogP contribution in [0.3, 0.4) is 0 Å². The van der Waals surface area contributed by atoms with Gasteiger partial charge in [-0.25, -0.2) is 0 Å². The molecular weight excluding hydrogens is 318 g/mol. The molecule has 0 bridgehead atoms. The predicted molar refractivity (Wildman–Crippen MR) is 94.3 cm³/mol. The molecule has 0 unspecified atom stereocenters. The topological polar surface area (TPSA) is 69.7 Å². The highest BCUT2D eigenvalue weighted by molar-refractivity contribution is 6.21. The van der Waals surface area contributed by atoms with Crippen LogP contribution in [0.1, 0.15) is 52.8 Å². The van der Waals surface area contributed by atoms with Crippen LogP contribution >= 0.6 is 0 Å². The zero-order chi connectivity index (χ0) is 17.6. The smallest absolute Gasteiger partial charge is 0.261 e. The Labute approximate surface area is 148 Å². The van der Waals surface area contributed by atoms with Gasteiger partial charge in [0.05, 0.1) is 11.1 Å². The van der Waals surface area contributed by atoms with Crippen molar-refractivity contribution in [2.24, 2.45) is 0 Å². The summed E-state index contributed by atoms with van der Waals surface area (Å²) in [5.41, 5.74) is 0.852. The monoisotopic (exact) mass is 343 g/mol. The van der Waals surface area contributed by atoms with Gasteiger partial charge >= 0.3 is 0 Å². The Balaban J connectivity index is 1.34. The number of carbonyl (C=O) groups excluding carboxylic acids is 3. The minimum Gasteiger partial charge on any atom is -0.356 e. The van der Waals surface area contributed by atoms with Crippen LogP contribution in [0.15, 0.2) is 24.3 Å². The summed E-state index contributed by atoms with van der Waals surface area (Å²) in [5, 5.41) is 2.88. The number of nitrogens with zero attached hydrogens (tertiary/aromatic N) is 2. The fourth-order valence-corrected chi connectivity index (χ4v) is 3.44. The number of hydrogen-bond donors (Lipinski definition) is 1. The van der Waals surface area contributed by atoms with Gasteiger partial charge in [-0.15, -0.1) is 0 Å². The van der Waals surface area contributed by atoms with Crippen molar-refractivity contribution in [2.75, 3.05) is 32.7 Å². The third-order valence-corrected chi connectivity index (χ3v) is 4.86. The van der Waals surface area contributed by atoms with Crippen LogP contribution in [0.5, 0.6) is 0 Å². The number of unbranched alkanes of at least 4 members (excludes halogenated alkanes) is 1. The molecule has 1 N–H and O–H groups in total. The zero-order valence-electron chi connectivity index (χ0n) is 14.5. The van der Waals surface area contributed by atoms with Gasteiger partial charge < -0.3 is 10.2 Å². The van der Waals surface area contributed by atoms with Crippen molar-refractivity contribution in [3.63, 3.8) is 0 Å². The van der Waals surface area contributed by atoms with Crippen LogP contribution in [0.2, 0.25) is 0 Å². The van der Waals surface area contributed by atoms with Gasteiger partial charge in [-0.2, -0.15) is 0 Å². The SMILES string of the molecule is O=C(CCN1C(=O)c2ccccc2C1=O)NCCCCN1CCCC1. The average molecular weight is 343 g/mol. The summed E-state index contributed by atoms with van der Waals surface area (Å²) in [6.07, 6.45) is 4.79. The standard InChI is InChI=1S/C19H25N3O3/c23-17(20-10-3-4-11-21-12-5-6-13-21)9-14-22-18(24)15-7-1-2-8-16(15)19(22)25/h1-2,7-8H,3-6,9-14H2,(H,20,23). The van der Waals surface area contributed by atoms with Crippen molar-refractivity contribution in [1.82, 2.24) is 15.1 Å². The molecule has 6 nitrogen and oxygen atoms in total. The van der Waals surface area contributed by atoms with Crippen molar-refractivity contribution in [3.8, 4) is 0 Å². The molecule has 1 saturated heterocycles. The molecule has 0 atom stereocenters. The fraction of sp³-hybridized carbons (Fsp3) is 0.526. The van der Waals surface area contributed by atoms with Gasteiger partial charge in [-0.05, 0) is 57.5 Å². The molecule has 1 fully saturated rings. The van der Waals surface area contributed by atoms with Crippen LogP contribution in [-0.4, -0.2) is 60.2 Å². The Kier molecular flexibility index (Phi) is 5.81. The van der Waals surface area contributed by atoms with Crippen LogP contribution in [0.4, 0.5) is 0 Å². The molecule has 25 heavy (non-hydrogen) atoms. The van der Waals surface area contributed by atoms with E-state index in [1.165, 1.54) is 25.9 Å². The van der Waals surface area contributed by atoms with Crippen molar-refractivity contribution >= 4 is 17.7 Å². The van der Waals surface area contributed by atoms with Crippen LogP contribution < -0.4 is 5.32 Å². The van der Waals surface area contributed by atoms with E-state index in [-0.39, 0.29) is 30.7 Å². The maximum absolute atomic E-state index is 12.2. The van der Waals surface area contributed by atoms with Crippen molar-refractivity contribution < 1.29 is 14.4 Å². The second-order valence-electron chi connectivity index (χ2n) is 6.66. The van der Waals surface area contributed by atoms with Gasteiger partial charge in [-0.1, -0.05) is 12.1 Å². The Morgan fingerprint density at radius 2 is 1.60 bits per heavy atom. The van der Waals surface area contributed by atoms with E-state index in [0.717, 1.165) is 24.3 Å². The molecule has 2 heterocycles. The Morgan fingerprint density at radius 1 is 0.960 bits per heavy atom.